The number of rotatable bonds is 8. The Labute approximate surface area is 161 Å². The van der Waals surface area contributed by atoms with E-state index in [-0.39, 0.29) is 5.91 Å². The molecule has 0 fully saturated rings. The molecule has 4 nitrogen and oxygen atoms in total. The Bertz CT molecular complexity index is 825. The summed E-state index contributed by atoms with van der Waals surface area (Å²) >= 11 is 3.10. The van der Waals surface area contributed by atoms with Gasteiger partial charge < -0.3 is 15.2 Å². The van der Waals surface area contributed by atoms with Gasteiger partial charge in [-0.3, -0.25) is 4.79 Å². The zero-order chi connectivity index (χ0) is 18.4. The second-order valence-electron chi connectivity index (χ2n) is 5.89. The van der Waals surface area contributed by atoms with E-state index >= 15 is 0 Å². The van der Waals surface area contributed by atoms with Gasteiger partial charge in [0.15, 0.2) is 0 Å². The van der Waals surface area contributed by atoms with Gasteiger partial charge in [0, 0.05) is 16.2 Å². The van der Waals surface area contributed by atoms with Gasteiger partial charge in [0.1, 0.15) is 11.9 Å². The van der Waals surface area contributed by atoms with Crippen molar-refractivity contribution in [2.75, 3.05) is 7.11 Å². The first kappa shape index (κ1) is 18.6. The molecule has 1 aromatic carbocycles. The van der Waals surface area contributed by atoms with Crippen LogP contribution in [0, 0.1) is 0 Å². The van der Waals surface area contributed by atoms with Crippen LogP contribution in [0.1, 0.15) is 33.4 Å². The van der Waals surface area contributed by atoms with Crippen LogP contribution in [-0.4, -0.2) is 18.1 Å². The average Bonchev–Trinajstić information content (AvgIpc) is 3.36. The van der Waals surface area contributed by atoms with Crippen LogP contribution in [0.4, 0.5) is 0 Å². The van der Waals surface area contributed by atoms with Crippen molar-refractivity contribution in [3.8, 4) is 5.75 Å². The van der Waals surface area contributed by atoms with Crippen molar-refractivity contribution in [1.29, 1.82) is 0 Å². The van der Waals surface area contributed by atoms with Crippen LogP contribution in [0.3, 0.4) is 0 Å². The van der Waals surface area contributed by atoms with Gasteiger partial charge in [0.25, 0.3) is 0 Å². The predicted octanol–water partition coefficient (Wildman–Crippen LogP) is 4.15. The molecule has 0 aliphatic heterocycles. The number of hydrogen-bond acceptors (Lipinski definition) is 5. The lowest BCUT2D eigenvalue weighted by Crippen LogP contribution is -2.22. The number of aliphatic hydroxyl groups excluding tert-OH is 1. The number of carbonyl (C=O) groups is 1. The first-order chi connectivity index (χ1) is 12.7. The molecule has 3 rings (SSSR count). The zero-order valence-electron chi connectivity index (χ0n) is 14.5. The second kappa shape index (κ2) is 8.98. The molecule has 0 saturated carbocycles. The van der Waals surface area contributed by atoms with Crippen molar-refractivity contribution in [3.63, 3.8) is 0 Å². The Kier molecular flexibility index (Phi) is 6.44. The van der Waals surface area contributed by atoms with Gasteiger partial charge in [-0.15, -0.1) is 11.3 Å². The topological polar surface area (TPSA) is 58.6 Å². The van der Waals surface area contributed by atoms with Crippen LogP contribution < -0.4 is 10.1 Å². The standard InChI is InChI=1S/C20H21NO3S2/c1-24-16-5-2-14(3-6-16)4-9-19(22)21-12-17-7-8-18(26-17)20(23)15-10-11-25-13-15/h2-3,5-8,10-11,13,20,23H,4,9,12H2,1H3,(H,21,22). The molecule has 2 aromatic heterocycles. The number of nitrogens with one attached hydrogen (secondary N) is 1. The Hall–Kier alpha value is -2.15. The molecular formula is C20H21NO3S2. The molecule has 2 N–H and O–H groups in total. The van der Waals surface area contributed by atoms with Crippen LogP contribution in [0.5, 0.6) is 5.75 Å². The molecular weight excluding hydrogens is 366 g/mol. The highest BCUT2D eigenvalue weighted by molar-refractivity contribution is 7.12. The molecule has 6 heteroatoms. The van der Waals surface area contributed by atoms with E-state index in [1.807, 2.05) is 53.2 Å². The monoisotopic (exact) mass is 387 g/mol. The molecule has 2 heterocycles. The highest BCUT2D eigenvalue weighted by Crippen LogP contribution is 2.29. The van der Waals surface area contributed by atoms with Gasteiger partial charge in [0.2, 0.25) is 5.91 Å². The Morgan fingerprint density at radius 3 is 2.69 bits per heavy atom. The number of thiophene rings is 2. The van der Waals surface area contributed by atoms with E-state index in [0.717, 1.165) is 26.6 Å². The van der Waals surface area contributed by atoms with Gasteiger partial charge in [-0.1, -0.05) is 12.1 Å². The molecule has 1 unspecified atom stereocenters. The molecule has 0 spiro atoms. The summed E-state index contributed by atoms with van der Waals surface area (Å²) in [5, 5.41) is 17.2. The Balaban J connectivity index is 1.45. The number of methoxy groups -OCH3 is 1. The first-order valence-electron chi connectivity index (χ1n) is 8.34. The number of aliphatic hydroxyl groups is 1. The largest absolute Gasteiger partial charge is 0.497 e. The maximum absolute atomic E-state index is 12.1. The first-order valence-corrected chi connectivity index (χ1v) is 10.1. The molecule has 1 amide bonds. The number of hydrogen-bond donors (Lipinski definition) is 2. The molecule has 0 radical (unpaired) electrons. The van der Waals surface area contributed by atoms with Gasteiger partial charge in [-0.2, -0.15) is 11.3 Å². The van der Waals surface area contributed by atoms with E-state index in [9.17, 15) is 9.90 Å². The molecule has 0 bridgehead atoms. The lowest BCUT2D eigenvalue weighted by atomic mass is 10.1. The average molecular weight is 388 g/mol. The summed E-state index contributed by atoms with van der Waals surface area (Å²) in [4.78, 5) is 14.0. The molecule has 0 saturated heterocycles. The lowest BCUT2D eigenvalue weighted by Gasteiger charge is -2.06. The molecule has 26 heavy (non-hydrogen) atoms. The number of aryl methyl sites for hydroxylation is 1. The van der Waals surface area contributed by atoms with Gasteiger partial charge >= 0.3 is 0 Å². The van der Waals surface area contributed by atoms with Gasteiger partial charge in [-0.05, 0) is 58.6 Å². The van der Waals surface area contributed by atoms with Crippen molar-refractivity contribution < 1.29 is 14.6 Å². The maximum Gasteiger partial charge on any atom is 0.220 e. The van der Waals surface area contributed by atoms with Gasteiger partial charge in [-0.25, -0.2) is 0 Å². The quantitative estimate of drug-likeness (QED) is 0.610. The third-order valence-corrected chi connectivity index (χ3v) is 5.91. The van der Waals surface area contributed by atoms with Crippen molar-refractivity contribution >= 4 is 28.6 Å². The van der Waals surface area contributed by atoms with Crippen LogP contribution in [-0.2, 0) is 17.8 Å². The summed E-state index contributed by atoms with van der Waals surface area (Å²) in [6.45, 7) is 0.489. The number of benzene rings is 1. The fourth-order valence-electron chi connectivity index (χ4n) is 2.56. The minimum atomic E-state index is -0.592. The minimum absolute atomic E-state index is 0.0224. The smallest absolute Gasteiger partial charge is 0.220 e. The third-order valence-electron chi connectivity index (χ3n) is 4.07. The minimum Gasteiger partial charge on any atom is -0.497 e. The van der Waals surface area contributed by atoms with Gasteiger partial charge in [0.05, 0.1) is 13.7 Å². The molecule has 0 aliphatic rings. The summed E-state index contributed by atoms with van der Waals surface area (Å²) < 4.78 is 5.13. The highest BCUT2D eigenvalue weighted by atomic mass is 32.1. The molecule has 0 aliphatic carbocycles. The summed E-state index contributed by atoms with van der Waals surface area (Å²) in [7, 11) is 1.64. The summed E-state index contributed by atoms with van der Waals surface area (Å²) in [6, 6.07) is 13.6. The number of ether oxygens (including phenoxy) is 1. The van der Waals surface area contributed by atoms with Crippen LogP contribution in [0.2, 0.25) is 0 Å². The number of amides is 1. The van der Waals surface area contributed by atoms with E-state index in [1.54, 1.807) is 18.4 Å². The summed E-state index contributed by atoms with van der Waals surface area (Å²) in [5.74, 6) is 0.838. The van der Waals surface area contributed by atoms with Crippen molar-refractivity contribution in [1.82, 2.24) is 5.32 Å². The number of carbonyl (C=O) groups excluding carboxylic acids is 1. The van der Waals surface area contributed by atoms with E-state index in [4.69, 9.17) is 4.74 Å². The zero-order valence-corrected chi connectivity index (χ0v) is 16.1. The Morgan fingerprint density at radius 1 is 1.19 bits per heavy atom. The Morgan fingerprint density at radius 2 is 2.00 bits per heavy atom. The molecule has 136 valence electrons. The fraction of sp³-hybridized carbons (Fsp3) is 0.250. The van der Waals surface area contributed by atoms with Crippen molar-refractivity contribution in [2.45, 2.75) is 25.5 Å². The van der Waals surface area contributed by atoms with Crippen molar-refractivity contribution in [3.05, 3.63) is 74.1 Å². The third kappa shape index (κ3) is 4.94. The van der Waals surface area contributed by atoms with E-state index in [2.05, 4.69) is 5.32 Å². The van der Waals surface area contributed by atoms with E-state index in [1.165, 1.54) is 11.3 Å². The maximum atomic E-state index is 12.1. The van der Waals surface area contributed by atoms with Crippen LogP contribution >= 0.6 is 22.7 Å². The second-order valence-corrected chi connectivity index (χ2v) is 7.87. The molecule has 1 atom stereocenters. The van der Waals surface area contributed by atoms with Crippen LogP contribution in [0.25, 0.3) is 0 Å². The summed E-state index contributed by atoms with van der Waals surface area (Å²) in [5.41, 5.74) is 2.02. The molecule has 3 aromatic rings. The SMILES string of the molecule is COc1ccc(CCC(=O)NCc2ccc(C(O)c3ccsc3)s2)cc1. The van der Waals surface area contributed by atoms with E-state index < -0.39 is 6.10 Å². The van der Waals surface area contributed by atoms with Crippen molar-refractivity contribution in [2.24, 2.45) is 0 Å². The van der Waals surface area contributed by atoms with E-state index in [0.29, 0.717) is 19.4 Å². The van der Waals surface area contributed by atoms with Crippen LogP contribution in [0.15, 0.2) is 53.2 Å². The summed E-state index contributed by atoms with van der Waals surface area (Å²) in [6.07, 6.45) is 0.551. The normalized spacial score (nSPS) is 11.9. The lowest BCUT2D eigenvalue weighted by molar-refractivity contribution is -0.121. The predicted molar refractivity (Wildman–Crippen MR) is 106 cm³/mol. The highest BCUT2D eigenvalue weighted by Gasteiger charge is 2.13. The fourth-order valence-corrected chi connectivity index (χ4v) is 4.20.